The normalized spacial score (nSPS) is 20.1. The highest BCUT2D eigenvalue weighted by molar-refractivity contribution is 6.00. The maximum atomic E-state index is 13.8. The SMILES string of the molecule is CC(=O)N1CCN(c2ccc(C(C)(C)C)cc2)C(=O)C1Cc1ccccc1N1CCN(C)CC1. The van der Waals surface area contributed by atoms with Crippen LogP contribution in [0.1, 0.15) is 38.8 Å². The van der Waals surface area contributed by atoms with Crippen LogP contribution in [0.2, 0.25) is 0 Å². The van der Waals surface area contributed by atoms with Crippen LogP contribution < -0.4 is 9.80 Å². The Hall–Kier alpha value is -2.86. The number of amides is 2. The van der Waals surface area contributed by atoms with E-state index < -0.39 is 6.04 Å². The highest BCUT2D eigenvalue weighted by Gasteiger charge is 2.37. The van der Waals surface area contributed by atoms with E-state index in [2.05, 4.69) is 68.0 Å². The van der Waals surface area contributed by atoms with Crippen LogP contribution in [0.5, 0.6) is 0 Å². The van der Waals surface area contributed by atoms with Crippen molar-refractivity contribution in [3.63, 3.8) is 0 Å². The first-order valence-corrected chi connectivity index (χ1v) is 12.4. The van der Waals surface area contributed by atoms with E-state index in [-0.39, 0.29) is 17.2 Å². The Morgan fingerprint density at radius 3 is 2.18 bits per heavy atom. The highest BCUT2D eigenvalue weighted by Crippen LogP contribution is 2.29. The van der Waals surface area contributed by atoms with Gasteiger partial charge in [0.05, 0.1) is 0 Å². The van der Waals surface area contributed by atoms with Crippen molar-refractivity contribution in [3.8, 4) is 0 Å². The van der Waals surface area contributed by atoms with Crippen molar-refractivity contribution in [3.05, 3.63) is 59.7 Å². The minimum absolute atomic E-state index is 0.00172. The lowest BCUT2D eigenvalue weighted by Crippen LogP contribution is -2.59. The van der Waals surface area contributed by atoms with Gasteiger partial charge in [0.25, 0.3) is 0 Å². The fourth-order valence-electron chi connectivity index (χ4n) is 5.01. The summed E-state index contributed by atoms with van der Waals surface area (Å²) in [5.41, 5.74) is 4.51. The zero-order valence-corrected chi connectivity index (χ0v) is 21.3. The largest absolute Gasteiger partial charge is 0.369 e. The monoisotopic (exact) mass is 462 g/mol. The minimum Gasteiger partial charge on any atom is -0.369 e. The second-order valence-electron chi connectivity index (χ2n) is 10.6. The number of carbonyl (C=O) groups is 2. The number of para-hydroxylation sites is 1. The molecule has 0 bridgehead atoms. The second kappa shape index (κ2) is 9.79. The molecule has 6 heteroatoms. The third-order valence-electron chi connectivity index (χ3n) is 7.19. The Balaban J connectivity index is 1.59. The van der Waals surface area contributed by atoms with Crippen LogP contribution >= 0.6 is 0 Å². The molecule has 2 aliphatic rings. The summed E-state index contributed by atoms with van der Waals surface area (Å²) in [5, 5.41) is 0. The third-order valence-corrected chi connectivity index (χ3v) is 7.19. The first-order chi connectivity index (χ1) is 16.1. The van der Waals surface area contributed by atoms with Crippen molar-refractivity contribution in [2.24, 2.45) is 0 Å². The fraction of sp³-hybridized carbons (Fsp3) is 0.500. The molecule has 2 aromatic rings. The summed E-state index contributed by atoms with van der Waals surface area (Å²) in [6.07, 6.45) is 0.525. The van der Waals surface area contributed by atoms with E-state index in [0.29, 0.717) is 19.5 Å². The molecular formula is C28H38N4O2. The molecule has 2 amide bonds. The smallest absolute Gasteiger partial charge is 0.250 e. The van der Waals surface area contributed by atoms with Crippen LogP contribution in [-0.4, -0.2) is 74.0 Å². The van der Waals surface area contributed by atoms with Crippen LogP contribution in [0.4, 0.5) is 11.4 Å². The van der Waals surface area contributed by atoms with E-state index >= 15 is 0 Å². The molecule has 34 heavy (non-hydrogen) atoms. The zero-order valence-electron chi connectivity index (χ0n) is 21.3. The predicted octanol–water partition coefficient (Wildman–Crippen LogP) is 3.54. The number of hydrogen-bond acceptors (Lipinski definition) is 4. The zero-order chi connectivity index (χ0) is 24.5. The van der Waals surface area contributed by atoms with Crippen LogP contribution in [0.15, 0.2) is 48.5 Å². The third kappa shape index (κ3) is 5.12. The van der Waals surface area contributed by atoms with Crippen molar-refractivity contribution < 1.29 is 9.59 Å². The van der Waals surface area contributed by atoms with Gasteiger partial charge in [-0.3, -0.25) is 9.59 Å². The molecule has 0 spiro atoms. The molecule has 4 rings (SSSR count). The van der Waals surface area contributed by atoms with E-state index in [1.165, 1.54) is 11.3 Å². The molecule has 0 aliphatic carbocycles. The van der Waals surface area contributed by atoms with Gasteiger partial charge in [0.15, 0.2) is 0 Å². The molecule has 2 aliphatic heterocycles. The van der Waals surface area contributed by atoms with Gasteiger partial charge >= 0.3 is 0 Å². The molecule has 2 heterocycles. The quantitative estimate of drug-likeness (QED) is 0.697. The number of piperazine rings is 2. The summed E-state index contributed by atoms with van der Waals surface area (Å²) in [6, 6.07) is 16.1. The first kappa shape index (κ1) is 24.3. The van der Waals surface area contributed by atoms with Crippen molar-refractivity contribution in [2.75, 3.05) is 56.1 Å². The number of anilines is 2. The van der Waals surface area contributed by atoms with Gasteiger partial charge in [-0.2, -0.15) is 0 Å². The average Bonchev–Trinajstić information content (AvgIpc) is 2.80. The molecule has 1 unspecified atom stereocenters. The van der Waals surface area contributed by atoms with Gasteiger partial charge in [0.2, 0.25) is 11.8 Å². The molecule has 0 aromatic heterocycles. The highest BCUT2D eigenvalue weighted by atomic mass is 16.2. The van der Waals surface area contributed by atoms with Crippen LogP contribution in [-0.2, 0) is 21.4 Å². The second-order valence-corrected chi connectivity index (χ2v) is 10.6. The minimum atomic E-state index is -0.498. The standard InChI is InChI=1S/C28H38N4O2/c1-21(33)31-18-19-32(24-12-10-23(11-13-24)28(2,3)4)27(34)26(31)20-22-8-6-7-9-25(22)30-16-14-29(5)15-17-30/h6-13,26H,14-20H2,1-5H3. The predicted molar refractivity (Wildman–Crippen MR) is 139 cm³/mol. The Morgan fingerprint density at radius 1 is 0.912 bits per heavy atom. The maximum absolute atomic E-state index is 13.8. The maximum Gasteiger partial charge on any atom is 0.250 e. The molecule has 0 radical (unpaired) electrons. The lowest BCUT2D eigenvalue weighted by Gasteiger charge is -2.41. The van der Waals surface area contributed by atoms with Gasteiger partial charge < -0.3 is 19.6 Å². The van der Waals surface area contributed by atoms with Gasteiger partial charge in [-0.05, 0) is 41.8 Å². The van der Waals surface area contributed by atoms with Crippen molar-refractivity contribution >= 4 is 23.2 Å². The van der Waals surface area contributed by atoms with E-state index in [1.54, 1.807) is 11.8 Å². The lowest BCUT2D eigenvalue weighted by atomic mass is 9.87. The summed E-state index contributed by atoms with van der Waals surface area (Å²) < 4.78 is 0. The number of hydrogen-bond donors (Lipinski definition) is 0. The summed E-state index contributed by atoms with van der Waals surface area (Å²) in [7, 11) is 2.15. The van der Waals surface area contributed by atoms with E-state index in [4.69, 9.17) is 0 Å². The van der Waals surface area contributed by atoms with Crippen molar-refractivity contribution in [2.45, 2.75) is 45.6 Å². The molecule has 6 nitrogen and oxygen atoms in total. The fourth-order valence-corrected chi connectivity index (χ4v) is 5.01. The molecule has 2 aromatic carbocycles. The molecule has 2 fully saturated rings. The van der Waals surface area contributed by atoms with E-state index in [1.807, 2.05) is 23.1 Å². The topological polar surface area (TPSA) is 47.1 Å². The summed E-state index contributed by atoms with van der Waals surface area (Å²) in [4.78, 5) is 34.6. The van der Waals surface area contributed by atoms with Gasteiger partial charge in [0, 0.05) is 64.0 Å². The average molecular weight is 463 g/mol. The Labute approximate surface area is 204 Å². The summed E-state index contributed by atoms with van der Waals surface area (Å²) in [5.74, 6) is -0.0451. The van der Waals surface area contributed by atoms with E-state index in [0.717, 1.165) is 37.4 Å². The molecule has 182 valence electrons. The molecule has 1 atom stereocenters. The Kier molecular flexibility index (Phi) is 6.99. The van der Waals surface area contributed by atoms with Crippen LogP contribution in [0, 0.1) is 0 Å². The summed E-state index contributed by atoms with van der Waals surface area (Å²) in [6.45, 7) is 13.2. The van der Waals surface area contributed by atoms with Crippen LogP contribution in [0.3, 0.4) is 0 Å². The van der Waals surface area contributed by atoms with Crippen molar-refractivity contribution in [1.29, 1.82) is 0 Å². The van der Waals surface area contributed by atoms with Gasteiger partial charge in [0.1, 0.15) is 6.04 Å². The number of nitrogens with zero attached hydrogens (tertiary/aromatic N) is 4. The lowest BCUT2D eigenvalue weighted by molar-refractivity contribution is -0.139. The summed E-state index contributed by atoms with van der Waals surface area (Å²) >= 11 is 0. The molecule has 0 N–H and O–H groups in total. The number of carbonyl (C=O) groups excluding carboxylic acids is 2. The van der Waals surface area contributed by atoms with E-state index in [9.17, 15) is 9.59 Å². The molecule has 2 saturated heterocycles. The van der Waals surface area contributed by atoms with Gasteiger partial charge in [-0.15, -0.1) is 0 Å². The van der Waals surface area contributed by atoms with Crippen molar-refractivity contribution in [1.82, 2.24) is 9.80 Å². The number of likely N-dealkylation sites (N-methyl/N-ethyl adjacent to an activating group) is 1. The Morgan fingerprint density at radius 2 is 1.56 bits per heavy atom. The molecule has 0 saturated carbocycles. The van der Waals surface area contributed by atoms with Crippen LogP contribution in [0.25, 0.3) is 0 Å². The number of rotatable bonds is 4. The van der Waals surface area contributed by atoms with Gasteiger partial charge in [-0.25, -0.2) is 0 Å². The van der Waals surface area contributed by atoms with Gasteiger partial charge in [-0.1, -0.05) is 51.1 Å². The first-order valence-electron chi connectivity index (χ1n) is 12.4. The number of benzene rings is 2. The molecular weight excluding hydrogens is 424 g/mol. The Bertz CT molecular complexity index is 1020.